The molecule has 1 aromatic heterocycles. The van der Waals surface area contributed by atoms with E-state index < -0.39 is 0 Å². The predicted octanol–water partition coefficient (Wildman–Crippen LogP) is 4.28. The van der Waals surface area contributed by atoms with Gasteiger partial charge >= 0.3 is 0 Å². The first-order valence-corrected chi connectivity index (χ1v) is 6.27. The van der Waals surface area contributed by atoms with Crippen molar-refractivity contribution in [3.8, 4) is 0 Å². The van der Waals surface area contributed by atoms with E-state index in [4.69, 9.17) is 0 Å². The van der Waals surface area contributed by atoms with Gasteiger partial charge in [0.05, 0.1) is 0 Å². The lowest BCUT2D eigenvalue weighted by Gasteiger charge is -2.13. The number of hydrogen-bond donors (Lipinski definition) is 0. The van der Waals surface area contributed by atoms with Gasteiger partial charge in [-0.25, -0.2) is 4.98 Å². The summed E-state index contributed by atoms with van der Waals surface area (Å²) < 4.78 is 0.940. The highest BCUT2D eigenvalue weighted by molar-refractivity contribution is 9.10. The predicted molar refractivity (Wildman–Crippen MR) is 62.4 cm³/mol. The fraction of sp³-hybridized carbons (Fsp3) is 0.583. The maximum Gasteiger partial charge on any atom is 0.106 e. The number of rotatable bonds is 1. The van der Waals surface area contributed by atoms with Crippen LogP contribution in [-0.4, -0.2) is 4.98 Å². The van der Waals surface area contributed by atoms with E-state index in [2.05, 4.69) is 33.0 Å². The highest BCUT2D eigenvalue weighted by Gasteiger charge is 2.14. The van der Waals surface area contributed by atoms with Crippen molar-refractivity contribution in [1.29, 1.82) is 0 Å². The molecule has 0 amide bonds. The lowest BCUT2D eigenvalue weighted by atomic mass is 9.93. The quantitative estimate of drug-likeness (QED) is 0.538. The van der Waals surface area contributed by atoms with Crippen LogP contribution in [0.2, 0.25) is 0 Å². The fourth-order valence-electron chi connectivity index (χ4n) is 2.24. The van der Waals surface area contributed by atoms with E-state index in [0.717, 1.165) is 10.5 Å². The van der Waals surface area contributed by atoms with Gasteiger partial charge in [0.15, 0.2) is 0 Å². The molecule has 1 saturated carbocycles. The van der Waals surface area contributed by atoms with Crippen LogP contribution in [0.15, 0.2) is 22.9 Å². The highest BCUT2D eigenvalue weighted by Crippen LogP contribution is 2.31. The summed E-state index contributed by atoms with van der Waals surface area (Å²) in [5, 5.41) is 0. The van der Waals surface area contributed by atoms with Crippen LogP contribution in [0.1, 0.15) is 50.0 Å². The maximum atomic E-state index is 4.30. The van der Waals surface area contributed by atoms with Gasteiger partial charge in [-0.15, -0.1) is 0 Å². The van der Waals surface area contributed by atoms with Crippen LogP contribution in [0.25, 0.3) is 0 Å². The minimum Gasteiger partial charge on any atom is -0.249 e. The summed E-state index contributed by atoms with van der Waals surface area (Å²) in [5.41, 5.74) is 1.43. The summed E-state index contributed by atoms with van der Waals surface area (Å²) in [6.07, 6.45) is 10.3. The number of halogens is 1. The van der Waals surface area contributed by atoms with E-state index in [1.54, 1.807) is 0 Å². The summed E-state index contributed by atoms with van der Waals surface area (Å²) in [6.45, 7) is 0. The molecule has 1 aliphatic carbocycles. The Morgan fingerprint density at radius 3 is 2.36 bits per heavy atom. The number of aromatic nitrogens is 1. The summed E-state index contributed by atoms with van der Waals surface area (Å²) in [7, 11) is 0. The van der Waals surface area contributed by atoms with E-state index >= 15 is 0 Å². The molecular formula is C12H16BrN. The second-order valence-corrected chi connectivity index (χ2v) is 4.92. The Balaban J connectivity index is 2.08. The van der Waals surface area contributed by atoms with Crippen LogP contribution in [-0.2, 0) is 0 Å². The standard InChI is InChI=1S/C12H16BrN/c13-12-8-7-11(9-14-12)10-5-3-1-2-4-6-10/h7-10H,1-6H2. The van der Waals surface area contributed by atoms with Crippen molar-refractivity contribution in [2.75, 3.05) is 0 Å². The molecule has 2 heteroatoms. The third-order valence-corrected chi connectivity index (χ3v) is 3.55. The van der Waals surface area contributed by atoms with E-state index in [0.29, 0.717) is 0 Å². The van der Waals surface area contributed by atoms with Crippen molar-refractivity contribution >= 4 is 15.9 Å². The molecule has 0 radical (unpaired) electrons. The Morgan fingerprint density at radius 2 is 1.79 bits per heavy atom. The molecule has 1 aromatic rings. The number of pyridine rings is 1. The fourth-order valence-corrected chi connectivity index (χ4v) is 2.48. The molecule has 1 aliphatic rings. The minimum absolute atomic E-state index is 0.762. The van der Waals surface area contributed by atoms with Gasteiger partial charge in [0.2, 0.25) is 0 Å². The van der Waals surface area contributed by atoms with Crippen LogP contribution in [0.4, 0.5) is 0 Å². The van der Waals surface area contributed by atoms with Crippen molar-refractivity contribution in [2.24, 2.45) is 0 Å². The van der Waals surface area contributed by atoms with Crippen LogP contribution < -0.4 is 0 Å². The Bertz CT molecular complexity index is 273. The van der Waals surface area contributed by atoms with E-state index in [1.807, 2.05) is 6.20 Å². The van der Waals surface area contributed by atoms with Gasteiger partial charge in [0.1, 0.15) is 4.60 Å². The number of nitrogens with zero attached hydrogens (tertiary/aromatic N) is 1. The molecule has 0 saturated heterocycles. The first-order valence-electron chi connectivity index (χ1n) is 5.48. The molecule has 0 unspecified atom stereocenters. The van der Waals surface area contributed by atoms with E-state index in [9.17, 15) is 0 Å². The van der Waals surface area contributed by atoms with Crippen molar-refractivity contribution in [3.63, 3.8) is 0 Å². The Kier molecular flexibility index (Phi) is 3.57. The molecular weight excluding hydrogens is 238 g/mol. The molecule has 2 rings (SSSR count). The molecule has 0 aromatic carbocycles. The zero-order valence-corrected chi connectivity index (χ0v) is 9.96. The van der Waals surface area contributed by atoms with Crippen molar-refractivity contribution < 1.29 is 0 Å². The molecule has 0 bridgehead atoms. The summed E-state index contributed by atoms with van der Waals surface area (Å²) >= 11 is 3.37. The molecule has 1 fully saturated rings. The van der Waals surface area contributed by atoms with Gasteiger partial charge in [-0.2, -0.15) is 0 Å². The third kappa shape index (κ3) is 2.57. The van der Waals surface area contributed by atoms with Gasteiger partial charge in [-0.05, 0) is 46.3 Å². The molecule has 0 atom stereocenters. The average molecular weight is 254 g/mol. The Hall–Kier alpha value is -0.370. The van der Waals surface area contributed by atoms with Crippen molar-refractivity contribution in [3.05, 3.63) is 28.5 Å². The Morgan fingerprint density at radius 1 is 1.07 bits per heavy atom. The molecule has 1 heterocycles. The molecule has 0 N–H and O–H groups in total. The van der Waals surface area contributed by atoms with Gasteiger partial charge in [-0.1, -0.05) is 31.7 Å². The average Bonchev–Trinajstić information content (AvgIpc) is 2.47. The van der Waals surface area contributed by atoms with Gasteiger partial charge in [0.25, 0.3) is 0 Å². The first-order chi connectivity index (χ1) is 6.86. The molecule has 0 aliphatic heterocycles. The van der Waals surface area contributed by atoms with Crippen LogP contribution in [0.5, 0.6) is 0 Å². The second-order valence-electron chi connectivity index (χ2n) is 4.10. The normalized spacial score (nSPS) is 19.2. The summed E-state index contributed by atoms with van der Waals surface area (Å²) in [6, 6.07) is 4.27. The molecule has 14 heavy (non-hydrogen) atoms. The monoisotopic (exact) mass is 253 g/mol. The third-order valence-electron chi connectivity index (χ3n) is 3.08. The molecule has 76 valence electrons. The smallest absolute Gasteiger partial charge is 0.106 e. The van der Waals surface area contributed by atoms with Crippen molar-refractivity contribution in [2.45, 2.75) is 44.4 Å². The SMILES string of the molecule is Brc1ccc(C2CCCCCC2)cn1. The van der Waals surface area contributed by atoms with Gasteiger partial charge in [-0.3, -0.25) is 0 Å². The lowest BCUT2D eigenvalue weighted by Crippen LogP contribution is -1.97. The van der Waals surface area contributed by atoms with Gasteiger partial charge in [0, 0.05) is 6.20 Å². The van der Waals surface area contributed by atoms with Crippen LogP contribution in [0.3, 0.4) is 0 Å². The van der Waals surface area contributed by atoms with Crippen LogP contribution >= 0.6 is 15.9 Å². The topological polar surface area (TPSA) is 12.9 Å². The maximum absolute atomic E-state index is 4.30. The first kappa shape index (κ1) is 10.2. The van der Waals surface area contributed by atoms with E-state index in [1.165, 1.54) is 44.1 Å². The molecule has 0 spiro atoms. The van der Waals surface area contributed by atoms with E-state index in [-0.39, 0.29) is 0 Å². The Labute approximate surface area is 94.1 Å². The van der Waals surface area contributed by atoms with Crippen LogP contribution in [0, 0.1) is 0 Å². The second kappa shape index (κ2) is 4.92. The minimum atomic E-state index is 0.762. The zero-order valence-electron chi connectivity index (χ0n) is 8.38. The summed E-state index contributed by atoms with van der Waals surface area (Å²) in [4.78, 5) is 4.30. The lowest BCUT2D eigenvalue weighted by molar-refractivity contribution is 0.590. The van der Waals surface area contributed by atoms with Crippen molar-refractivity contribution in [1.82, 2.24) is 4.98 Å². The zero-order chi connectivity index (χ0) is 9.80. The van der Waals surface area contributed by atoms with Gasteiger partial charge < -0.3 is 0 Å². The largest absolute Gasteiger partial charge is 0.249 e. The molecule has 1 nitrogen and oxygen atoms in total. The number of hydrogen-bond acceptors (Lipinski definition) is 1. The summed E-state index contributed by atoms with van der Waals surface area (Å²) in [5.74, 6) is 0.762. The highest BCUT2D eigenvalue weighted by atomic mass is 79.9.